The highest BCUT2D eigenvalue weighted by Gasteiger charge is 2.24. The number of rotatable bonds is 5. The predicted molar refractivity (Wildman–Crippen MR) is 66.6 cm³/mol. The van der Waals surface area contributed by atoms with Crippen LogP contribution in [0.15, 0.2) is 0 Å². The predicted octanol–water partition coefficient (Wildman–Crippen LogP) is 0.826. The van der Waals surface area contributed by atoms with Crippen molar-refractivity contribution in [3.05, 3.63) is 0 Å². The van der Waals surface area contributed by atoms with Crippen molar-refractivity contribution < 1.29 is 4.21 Å². The molecule has 0 aromatic carbocycles. The van der Waals surface area contributed by atoms with Crippen molar-refractivity contribution in [3.8, 4) is 0 Å². The quantitative estimate of drug-likeness (QED) is 0.762. The first kappa shape index (κ1) is 13.1. The highest BCUT2D eigenvalue weighted by atomic mass is 32.2. The summed E-state index contributed by atoms with van der Waals surface area (Å²) in [6.07, 6.45) is 3.00. The van der Waals surface area contributed by atoms with E-state index in [0.29, 0.717) is 12.1 Å². The van der Waals surface area contributed by atoms with E-state index in [9.17, 15) is 4.21 Å². The number of hydrogen-bond acceptors (Lipinski definition) is 3. The Morgan fingerprint density at radius 1 is 1.47 bits per heavy atom. The van der Waals surface area contributed by atoms with Gasteiger partial charge in [0.25, 0.3) is 0 Å². The van der Waals surface area contributed by atoms with Crippen molar-refractivity contribution >= 4 is 10.8 Å². The minimum atomic E-state index is -0.704. The van der Waals surface area contributed by atoms with Crippen molar-refractivity contribution in [1.82, 2.24) is 10.2 Å². The lowest BCUT2D eigenvalue weighted by Crippen LogP contribution is -2.39. The number of hydrogen-bond donors (Lipinski definition) is 1. The third-order valence-electron chi connectivity index (χ3n) is 3.21. The third-order valence-corrected chi connectivity index (χ3v) is 4.51. The zero-order valence-corrected chi connectivity index (χ0v) is 11.1. The van der Waals surface area contributed by atoms with E-state index in [4.69, 9.17) is 0 Å². The molecule has 0 aromatic heterocycles. The summed E-state index contributed by atoms with van der Waals surface area (Å²) in [5.74, 6) is 0. The molecule has 15 heavy (non-hydrogen) atoms. The first-order valence-electron chi connectivity index (χ1n) is 5.80. The van der Waals surface area contributed by atoms with E-state index >= 15 is 0 Å². The number of likely N-dealkylation sites (tertiary alicyclic amines) is 1. The van der Waals surface area contributed by atoms with E-state index in [1.165, 1.54) is 13.0 Å². The van der Waals surface area contributed by atoms with Crippen LogP contribution in [0.5, 0.6) is 0 Å². The van der Waals surface area contributed by atoms with E-state index in [-0.39, 0.29) is 5.25 Å². The van der Waals surface area contributed by atoms with Gasteiger partial charge < -0.3 is 5.32 Å². The Morgan fingerprint density at radius 3 is 2.60 bits per heavy atom. The zero-order valence-electron chi connectivity index (χ0n) is 10.3. The average Bonchev–Trinajstić information content (AvgIpc) is 2.62. The zero-order chi connectivity index (χ0) is 11.4. The molecule has 0 saturated carbocycles. The minimum Gasteiger partial charge on any atom is -0.311 e. The highest BCUT2D eigenvalue weighted by molar-refractivity contribution is 7.84. The molecule has 0 spiro atoms. The van der Waals surface area contributed by atoms with Gasteiger partial charge in [-0.15, -0.1) is 0 Å². The van der Waals surface area contributed by atoms with Crippen LogP contribution in [-0.4, -0.2) is 52.3 Å². The molecule has 4 heteroatoms. The van der Waals surface area contributed by atoms with Gasteiger partial charge in [-0.05, 0) is 33.7 Å². The van der Waals surface area contributed by atoms with E-state index in [2.05, 4.69) is 24.1 Å². The molecule has 3 atom stereocenters. The van der Waals surface area contributed by atoms with Gasteiger partial charge in [0.15, 0.2) is 0 Å². The van der Waals surface area contributed by atoms with Gasteiger partial charge in [0.05, 0.1) is 0 Å². The molecule has 1 heterocycles. The maximum atomic E-state index is 11.2. The SMILES string of the molecule is CC(C)N1CCC(NCC(C)S(C)=O)C1. The van der Waals surface area contributed by atoms with Crippen LogP contribution in [0.1, 0.15) is 27.2 Å². The fourth-order valence-electron chi connectivity index (χ4n) is 1.87. The molecular formula is C11H24N2OS. The summed E-state index contributed by atoms with van der Waals surface area (Å²) in [6, 6.07) is 1.24. The molecule has 0 radical (unpaired) electrons. The Hall–Kier alpha value is 0.0700. The van der Waals surface area contributed by atoms with Gasteiger partial charge in [0, 0.05) is 47.5 Å². The normalized spacial score (nSPS) is 27.1. The van der Waals surface area contributed by atoms with Gasteiger partial charge in [-0.2, -0.15) is 0 Å². The maximum absolute atomic E-state index is 11.2. The molecular weight excluding hydrogens is 208 g/mol. The lowest BCUT2D eigenvalue weighted by molar-refractivity contribution is 0.268. The van der Waals surface area contributed by atoms with Crippen molar-refractivity contribution in [1.29, 1.82) is 0 Å². The molecule has 0 bridgehead atoms. The first-order chi connectivity index (χ1) is 7.00. The Labute approximate surface area is 96.1 Å². The summed E-state index contributed by atoms with van der Waals surface area (Å²) in [4.78, 5) is 2.49. The van der Waals surface area contributed by atoms with Crippen LogP contribution in [0.3, 0.4) is 0 Å². The third kappa shape index (κ3) is 4.21. The molecule has 0 aromatic rings. The van der Waals surface area contributed by atoms with Gasteiger partial charge in [-0.25, -0.2) is 0 Å². The molecule has 1 saturated heterocycles. The smallest absolute Gasteiger partial charge is 0.0441 e. The van der Waals surface area contributed by atoms with Crippen molar-refractivity contribution in [2.75, 3.05) is 25.9 Å². The van der Waals surface area contributed by atoms with Crippen molar-refractivity contribution in [2.24, 2.45) is 0 Å². The van der Waals surface area contributed by atoms with Crippen LogP contribution in [0.2, 0.25) is 0 Å². The van der Waals surface area contributed by atoms with E-state index in [1.54, 1.807) is 6.26 Å². The molecule has 1 aliphatic heterocycles. The maximum Gasteiger partial charge on any atom is 0.0441 e. The Balaban J connectivity index is 2.22. The molecule has 1 N–H and O–H groups in total. The summed E-state index contributed by atoms with van der Waals surface area (Å²) in [7, 11) is -0.704. The molecule has 0 amide bonds. The summed E-state index contributed by atoms with van der Waals surface area (Å²) in [6.45, 7) is 9.73. The van der Waals surface area contributed by atoms with Gasteiger partial charge in [0.2, 0.25) is 0 Å². The van der Waals surface area contributed by atoms with Crippen molar-refractivity contribution in [2.45, 2.75) is 44.5 Å². The fraction of sp³-hybridized carbons (Fsp3) is 1.00. The van der Waals surface area contributed by atoms with Crippen molar-refractivity contribution in [3.63, 3.8) is 0 Å². The average molecular weight is 232 g/mol. The minimum absolute atomic E-state index is 0.262. The van der Waals surface area contributed by atoms with Gasteiger partial charge in [-0.1, -0.05) is 0 Å². The Bertz CT molecular complexity index is 221. The molecule has 90 valence electrons. The van der Waals surface area contributed by atoms with Gasteiger partial charge >= 0.3 is 0 Å². The summed E-state index contributed by atoms with van der Waals surface area (Å²) < 4.78 is 11.2. The summed E-state index contributed by atoms with van der Waals surface area (Å²) in [5.41, 5.74) is 0. The molecule has 1 aliphatic rings. The van der Waals surface area contributed by atoms with E-state index in [0.717, 1.165) is 13.1 Å². The second kappa shape index (κ2) is 5.97. The topological polar surface area (TPSA) is 32.3 Å². The van der Waals surface area contributed by atoms with Crippen LogP contribution >= 0.6 is 0 Å². The Kier molecular flexibility index (Phi) is 5.23. The summed E-state index contributed by atoms with van der Waals surface area (Å²) in [5, 5.41) is 3.77. The largest absolute Gasteiger partial charge is 0.311 e. The van der Waals surface area contributed by atoms with Crippen LogP contribution in [0.4, 0.5) is 0 Å². The molecule has 1 rings (SSSR count). The van der Waals surface area contributed by atoms with Crippen LogP contribution in [-0.2, 0) is 10.8 Å². The molecule has 3 unspecified atom stereocenters. The second-order valence-corrected chi connectivity index (χ2v) is 6.59. The van der Waals surface area contributed by atoms with Crippen LogP contribution in [0, 0.1) is 0 Å². The molecule has 3 nitrogen and oxygen atoms in total. The molecule has 0 aliphatic carbocycles. The van der Waals surface area contributed by atoms with Crippen LogP contribution < -0.4 is 5.32 Å². The second-order valence-electron chi connectivity index (χ2n) is 4.79. The molecule has 1 fully saturated rings. The lowest BCUT2D eigenvalue weighted by Gasteiger charge is -2.21. The van der Waals surface area contributed by atoms with Gasteiger partial charge in [0.1, 0.15) is 0 Å². The van der Waals surface area contributed by atoms with Gasteiger partial charge in [-0.3, -0.25) is 9.11 Å². The number of nitrogens with one attached hydrogen (secondary N) is 1. The number of nitrogens with zero attached hydrogens (tertiary/aromatic N) is 1. The van der Waals surface area contributed by atoms with E-state index in [1.807, 2.05) is 6.92 Å². The van der Waals surface area contributed by atoms with E-state index < -0.39 is 10.8 Å². The first-order valence-corrected chi connectivity index (χ1v) is 7.42. The highest BCUT2D eigenvalue weighted by Crippen LogP contribution is 2.12. The lowest BCUT2D eigenvalue weighted by atomic mass is 10.2. The monoisotopic (exact) mass is 232 g/mol. The summed E-state index contributed by atoms with van der Waals surface area (Å²) >= 11 is 0. The fourth-order valence-corrected chi connectivity index (χ4v) is 2.20. The standard InChI is InChI=1S/C11H24N2OS/c1-9(2)13-6-5-11(8-13)12-7-10(3)15(4)14/h9-12H,5-8H2,1-4H3. The van der Waals surface area contributed by atoms with Crippen LogP contribution in [0.25, 0.3) is 0 Å². The Morgan fingerprint density at radius 2 is 2.13 bits per heavy atom.